The third kappa shape index (κ3) is 19.5. The summed E-state index contributed by atoms with van der Waals surface area (Å²) in [6.07, 6.45) is 13.9. The van der Waals surface area contributed by atoms with E-state index in [4.69, 9.17) is 27.9 Å². The topological polar surface area (TPSA) is 9.23 Å². The molecule has 2 rings (SSSR count). The van der Waals surface area contributed by atoms with Gasteiger partial charge in [0.05, 0.1) is 6.61 Å². The van der Waals surface area contributed by atoms with Crippen LogP contribution in [0.1, 0.15) is 71.8 Å². The van der Waals surface area contributed by atoms with Crippen LogP contribution < -0.4 is 0 Å². The van der Waals surface area contributed by atoms with Crippen LogP contribution in [0.4, 0.5) is 0 Å². The number of aryl methyl sites for hydroxylation is 1. The minimum Gasteiger partial charge on any atom is -0.494 e. The van der Waals surface area contributed by atoms with Crippen molar-refractivity contribution in [3.63, 3.8) is 0 Å². The lowest BCUT2D eigenvalue weighted by Gasteiger charge is -2.16. The van der Waals surface area contributed by atoms with E-state index >= 15 is 0 Å². The molecule has 0 saturated heterocycles. The highest BCUT2D eigenvalue weighted by Crippen LogP contribution is 2.17. The van der Waals surface area contributed by atoms with Gasteiger partial charge in [-0.3, -0.25) is 0 Å². The number of unbranched alkanes of at least 4 members (excludes halogenated alkanes) is 1. The number of hydrogen-bond acceptors (Lipinski definition) is 1. The predicted molar refractivity (Wildman–Crippen MR) is 154 cm³/mol. The lowest BCUT2D eigenvalue weighted by molar-refractivity contribution is 0.162. The molecule has 3 heteroatoms. The highest BCUT2D eigenvalue weighted by Gasteiger charge is 2.08. The maximum absolute atomic E-state index is 5.98. The van der Waals surface area contributed by atoms with Gasteiger partial charge in [-0.15, -0.1) is 0 Å². The predicted octanol–water partition coefficient (Wildman–Crippen LogP) is 10.8. The van der Waals surface area contributed by atoms with E-state index in [0.29, 0.717) is 11.7 Å². The lowest BCUT2D eigenvalue weighted by Crippen LogP contribution is -2.09. The highest BCUT2D eigenvalue weighted by atomic mass is 35.5. The van der Waals surface area contributed by atoms with Crippen molar-refractivity contribution in [2.75, 3.05) is 6.61 Å². The third-order valence-corrected chi connectivity index (χ3v) is 5.51. The number of hydrogen-bond donors (Lipinski definition) is 0. The summed E-state index contributed by atoms with van der Waals surface area (Å²) in [6, 6.07) is 19.9. The molecule has 0 fully saturated rings. The van der Waals surface area contributed by atoms with Crippen LogP contribution in [-0.2, 0) is 11.2 Å². The maximum atomic E-state index is 5.98. The molecule has 1 nitrogen and oxygen atoms in total. The van der Waals surface area contributed by atoms with Crippen LogP contribution in [0.3, 0.4) is 0 Å². The van der Waals surface area contributed by atoms with E-state index in [9.17, 15) is 0 Å². The van der Waals surface area contributed by atoms with Crippen molar-refractivity contribution in [1.29, 1.82) is 0 Å². The van der Waals surface area contributed by atoms with Crippen LogP contribution in [-0.4, -0.2) is 6.61 Å². The van der Waals surface area contributed by atoms with Crippen LogP contribution in [0.25, 0.3) is 0 Å². The van der Waals surface area contributed by atoms with Gasteiger partial charge in [-0.05, 0) is 61.4 Å². The van der Waals surface area contributed by atoms with Crippen LogP contribution in [0, 0.1) is 5.92 Å². The summed E-state index contributed by atoms with van der Waals surface area (Å²) < 4.78 is 5.72. The SMILES string of the molecule is C=C(/C=C\C(Cl)=C/CC)OCC(CCC)CCCC.CCc1ccccc1.Clc1ccccc1. The van der Waals surface area contributed by atoms with Crippen LogP contribution >= 0.6 is 23.2 Å². The Balaban J connectivity index is 0.000000583. The Kier molecular flexibility index (Phi) is 21.5. The van der Waals surface area contributed by atoms with Crippen molar-refractivity contribution < 1.29 is 4.74 Å². The second-order valence-corrected chi connectivity index (χ2v) is 8.91. The fraction of sp³-hybridized carbons (Fsp3) is 0.419. The van der Waals surface area contributed by atoms with E-state index in [2.05, 4.69) is 58.5 Å². The number of rotatable bonds is 12. The Bertz CT molecular complexity index is 782. The van der Waals surface area contributed by atoms with Gasteiger partial charge in [0.1, 0.15) is 5.76 Å². The highest BCUT2D eigenvalue weighted by molar-refractivity contribution is 6.31. The van der Waals surface area contributed by atoms with Gasteiger partial charge in [-0.2, -0.15) is 0 Å². The van der Waals surface area contributed by atoms with Crippen LogP contribution in [0.15, 0.2) is 96.3 Å². The summed E-state index contributed by atoms with van der Waals surface area (Å²) in [5.74, 6) is 1.34. The number of halogens is 2. The van der Waals surface area contributed by atoms with Gasteiger partial charge in [0, 0.05) is 10.1 Å². The molecule has 0 aliphatic rings. The monoisotopic (exact) mass is 502 g/mol. The van der Waals surface area contributed by atoms with E-state index in [1.54, 1.807) is 0 Å². The van der Waals surface area contributed by atoms with E-state index < -0.39 is 0 Å². The van der Waals surface area contributed by atoms with Crippen LogP contribution in [0.5, 0.6) is 0 Å². The first-order valence-corrected chi connectivity index (χ1v) is 13.3. The quantitative estimate of drug-likeness (QED) is 0.207. The summed E-state index contributed by atoms with van der Waals surface area (Å²) in [6.45, 7) is 13.4. The molecule has 0 saturated carbocycles. The van der Waals surface area contributed by atoms with E-state index in [1.807, 2.05) is 54.6 Å². The van der Waals surface area contributed by atoms with Gasteiger partial charge < -0.3 is 4.74 Å². The average molecular weight is 504 g/mol. The largest absolute Gasteiger partial charge is 0.494 e. The standard InChI is InChI=1S/C17H29ClO.C8H10.C6H5Cl/c1-5-8-11-16(9-6-2)14-19-15(4)12-13-17(18)10-7-3;1-2-8-6-4-3-5-7-8;7-6-4-2-1-3-5-6/h10,12-13,16H,4-9,11,14H2,1-3H3;3-7H,2H2,1H3;1-5H/b13-12-,17-10+;;. The van der Waals surface area contributed by atoms with Crippen molar-refractivity contribution in [3.05, 3.63) is 107 Å². The second-order valence-electron chi connectivity index (χ2n) is 8.04. The fourth-order valence-electron chi connectivity index (χ4n) is 3.05. The summed E-state index contributed by atoms with van der Waals surface area (Å²) in [4.78, 5) is 0. The molecule has 0 aliphatic heterocycles. The first-order valence-electron chi connectivity index (χ1n) is 12.6. The Morgan fingerprint density at radius 2 is 1.50 bits per heavy atom. The molecule has 1 atom stereocenters. The van der Waals surface area contributed by atoms with Crippen molar-refractivity contribution >= 4 is 23.2 Å². The lowest BCUT2D eigenvalue weighted by atomic mass is 9.98. The average Bonchev–Trinajstić information content (AvgIpc) is 2.86. The molecule has 0 aromatic heterocycles. The zero-order valence-corrected chi connectivity index (χ0v) is 23.1. The zero-order valence-electron chi connectivity index (χ0n) is 21.6. The van der Waals surface area contributed by atoms with Gasteiger partial charge >= 0.3 is 0 Å². The molecule has 0 N–H and O–H groups in total. The second kappa shape index (κ2) is 22.8. The summed E-state index contributed by atoms with van der Waals surface area (Å²) in [5, 5.41) is 1.53. The Hall–Kier alpha value is -1.96. The summed E-state index contributed by atoms with van der Waals surface area (Å²) >= 11 is 11.5. The number of allylic oxidation sites excluding steroid dienone is 4. The zero-order chi connectivity index (χ0) is 25.4. The normalized spacial score (nSPS) is 11.6. The molecule has 0 amide bonds. The summed E-state index contributed by atoms with van der Waals surface area (Å²) in [5.41, 5.74) is 1.41. The number of benzene rings is 2. The molecule has 188 valence electrons. The Labute approximate surface area is 219 Å². The minimum absolute atomic E-state index is 0.650. The van der Waals surface area contributed by atoms with Gasteiger partial charge in [-0.1, -0.05) is 131 Å². The molecule has 0 spiro atoms. The Morgan fingerprint density at radius 1 is 0.882 bits per heavy atom. The third-order valence-electron chi connectivity index (χ3n) is 4.98. The fourth-order valence-corrected chi connectivity index (χ4v) is 3.41. The van der Waals surface area contributed by atoms with E-state index in [0.717, 1.165) is 29.5 Å². The number of ether oxygens (including phenoxy) is 1. The van der Waals surface area contributed by atoms with Gasteiger partial charge in [-0.25, -0.2) is 0 Å². The summed E-state index contributed by atoms with van der Waals surface area (Å²) in [7, 11) is 0. The molecule has 34 heavy (non-hydrogen) atoms. The van der Waals surface area contributed by atoms with Crippen LogP contribution in [0.2, 0.25) is 5.02 Å². The molecular weight excluding hydrogens is 459 g/mol. The van der Waals surface area contributed by atoms with Crippen molar-refractivity contribution in [3.8, 4) is 0 Å². The molecule has 0 heterocycles. The first kappa shape index (κ1) is 32.0. The van der Waals surface area contributed by atoms with Gasteiger partial charge in [0.15, 0.2) is 0 Å². The van der Waals surface area contributed by atoms with E-state index in [1.165, 1.54) is 37.7 Å². The molecule has 2 aromatic carbocycles. The molecular formula is C31H44Cl2O. The smallest absolute Gasteiger partial charge is 0.112 e. The van der Waals surface area contributed by atoms with Crippen molar-refractivity contribution in [2.24, 2.45) is 5.92 Å². The molecule has 0 aliphatic carbocycles. The Morgan fingerprint density at radius 3 is 1.94 bits per heavy atom. The molecule has 0 bridgehead atoms. The minimum atomic E-state index is 0.650. The van der Waals surface area contributed by atoms with Crippen molar-refractivity contribution in [2.45, 2.75) is 72.6 Å². The maximum Gasteiger partial charge on any atom is 0.112 e. The van der Waals surface area contributed by atoms with E-state index in [-0.39, 0.29) is 0 Å². The first-order chi connectivity index (χ1) is 16.5. The van der Waals surface area contributed by atoms with Gasteiger partial charge in [0.25, 0.3) is 0 Å². The molecule has 0 radical (unpaired) electrons. The van der Waals surface area contributed by atoms with Crippen molar-refractivity contribution in [1.82, 2.24) is 0 Å². The van der Waals surface area contributed by atoms with Gasteiger partial charge in [0.2, 0.25) is 0 Å². The molecule has 2 aromatic rings. The molecule has 1 unspecified atom stereocenters.